The van der Waals surface area contributed by atoms with Crippen LogP contribution in [0.1, 0.15) is 0 Å². The van der Waals surface area contributed by atoms with E-state index in [0.717, 1.165) is 11.8 Å². The van der Waals surface area contributed by atoms with Crippen LogP contribution in [0, 0.1) is 0 Å². The van der Waals surface area contributed by atoms with Crippen molar-refractivity contribution in [3.8, 4) is 5.75 Å². The van der Waals surface area contributed by atoms with Gasteiger partial charge in [0.25, 0.3) is 0 Å². The van der Waals surface area contributed by atoms with E-state index in [1.807, 2.05) is 0 Å². The number of hydrogen-bond acceptors (Lipinski definition) is 2. The van der Waals surface area contributed by atoms with Gasteiger partial charge < -0.3 is 18.1 Å². The predicted molar refractivity (Wildman–Crippen MR) is 47.9 cm³/mol. The molecule has 14 heavy (non-hydrogen) atoms. The summed E-state index contributed by atoms with van der Waals surface area (Å²) in [6.45, 7) is -4.74. The summed E-state index contributed by atoms with van der Waals surface area (Å²) < 4.78 is 35.4. The molecule has 0 radical (unpaired) electrons. The van der Waals surface area contributed by atoms with Crippen LogP contribution in [-0.2, 0) is 0 Å². The van der Waals surface area contributed by atoms with Crippen LogP contribution in [0.25, 0.3) is 0 Å². The van der Waals surface area contributed by atoms with E-state index in [0.29, 0.717) is 4.90 Å². The van der Waals surface area contributed by atoms with E-state index in [1.165, 1.54) is 24.3 Å². The monoisotopic (exact) mass is 246 g/mol. The molecule has 0 aliphatic rings. The third-order valence-electron chi connectivity index (χ3n) is 1.28. The molecule has 0 unspecified atom stereocenters. The molecule has 1 aromatic carbocycles. The third-order valence-corrected chi connectivity index (χ3v) is 2.43. The van der Waals surface area contributed by atoms with Crippen molar-refractivity contribution in [3.05, 3.63) is 24.3 Å². The Morgan fingerprint density at radius 2 is 1.64 bits per heavy atom. The van der Waals surface area contributed by atoms with Crippen LogP contribution in [0.15, 0.2) is 29.2 Å². The van der Waals surface area contributed by atoms with E-state index in [4.69, 9.17) is 5.11 Å². The Hall–Kier alpha value is 0.861. The van der Waals surface area contributed by atoms with Gasteiger partial charge in [0.2, 0.25) is 0 Å². The van der Waals surface area contributed by atoms with Crippen molar-refractivity contribution in [3.63, 3.8) is 0 Å². The van der Waals surface area contributed by atoms with Crippen molar-refractivity contribution in [1.29, 1.82) is 0 Å². The van der Waals surface area contributed by atoms with E-state index < -0.39 is 12.6 Å². The Balaban J connectivity index is 0.00000169. The van der Waals surface area contributed by atoms with Crippen molar-refractivity contribution >= 4 is 18.7 Å². The van der Waals surface area contributed by atoms with Gasteiger partial charge in [0, 0.05) is 4.90 Å². The van der Waals surface area contributed by atoms with Crippen LogP contribution >= 0.6 is 11.8 Å². The SMILES string of the molecule is Oc1ccc(SC[B-](F)(F)F)cc1.[K+]. The molecule has 0 fully saturated rings. The second-order valence-corrected chi connectivity index (χ2v) is 3.61. The van der Waals surface area contributed by atoms with Crippen molar-refractivity contribution in [2.45, 2.75) is 4.90 Å². The molecule has 1 aromatic rings. The van der Waals surface area contributed by atoms with E-state index in [-0.39, 0.29) is 57.1 Å². The molecule has 0 aliphatic carbocycles. The minimum Gasteiger partial charge on any atom is -0.508 e. The van der Waals surface area contributed by atoms with Gasteiger partial charge in [-0.15, -0.1) is 0 Å². The minimum absolute atomic E-state index is 0. The van der Waals surface area contributed by atoms with Gasteiger partial charge in [-0.3, -0.25) is 0 Å². The van der Waals surface area contributed by atoms with E-state index >= 15 is 0 Å². The number of halogens is 3. The summed E-state index contributed by atoms with van der Waals surface area (Å²) in [5.41, 5.74) is -0.842. The van der Waals surface area contributed by atoms with Crippen LogP contribution in [0.4, 0.5) is 12.9 Å². The number of phenols is 1. The summed E-state index contributed by atoms with van der Waals surface area (Å²) in [6, 6.07) is 5.65. The smallest absolute Gasteiger partial charge is 0.508 e. The van der Waals surface area contributed by atoms with Crippen LogP contribution in [0.3, 0.4) is 0 Å². The molecule has 7 heteroatoms. The maximum atomic E-state index is 11.8. The molecule has 0 aromatic heterocycles. The maximum absolute atomic E-state index is 11.8. The molecule has 0 bridgehead atoms. The van der Waals surface area contributed by atoms with Crippen LogP contribution in [-0.4, -0.2) is 17.7 Å². The number of aromatic hydroxyl groups is 1. The van der Waals surface area contributed by atoms with Gasteiger partial charge in [0.15, 0.2) is 0 Å². The fourth-order valence-corrected chi connectivity index (χ4v) is 1.44. The van der Waals surface area contributed by atoms with Gasteiger partial charge in [0.1, 0.15) is 5.75 Å². The maximum Gasteiger partial charge on any atom is 1.00 e. The summed E-state index contributed by atoms with van der Waals surface area (Å²) in [5, 5.41) is 8.86. The Labute approximate surface area is 127 Å². The van der Waals surface area contributed by atoms with Gasteiger partial charge in [-0.1, -0.05) is 0 Å². The first kappa shape index (κ1) is 14.9. The first-order valence-electron chi connectivity index (χ1n) is 3.60. The molecule has 0 aliphatic heterocycles. The number of phenolic OH excluding ortho intramolecular Hbond substituents is 1. The Bertz CT molecular complexity index is 277. The summed E-state index contributed by atoms with van der Waals surface area (Å²) in [6.07, 6.45) is 0. The molecule has 0 saturated carbocycles. The molecule has 1 N–H and O–H groups in total. The Morgan fingerprint density at radius 1 is 1.14 bits per heavy atom. The first-order valence-corrected chi connectivity index (χ1v) is 4.59. The second kappa shape index (κ2) is 6.45. The van der Waals surface area contributed by atoms with Gasteiger partial charge in [0.05, 0.1) is 0 Å². The quantitative estimate of drug-likeness (QED) is 0.592. The standard InChI is InChI=1S/C7H7BF3OS.K/c9-8(10,11)5-13-7-3-1-6(12)2-4-7;/h1-4,12H,5H2;/q-1;+1. The zero-order chi connectivity index (χ0) is 9.90. The topological polar surface area (TPSA) is 20.2 Å². The number of rotatable bonds is 3. The molecule has 1 nitrogen and oxygen atoms in total. The summed E-state index contributed by atoms with van der Waals surface area (Å²) in [7, 11) is 0. The fraction of sp³-hybridized carbons (Fsp3) is 0.143. The molecule has 72 valence electrons. The van der Waals surface area contributed by atoms with Crippen LogP contribution < -0.4 is 51.4 Å². The van der Waals surface area contributed by atoms with E-state index in [9.17, 15) is 12.9 Å². The van der Waals surface area contributed by atoms with Gasteiger partial charge in [-0.05, 0) is 29.9 Å². The molecule has 0 amide bonds. The zero-order valence-electron chi connectivity index (χ0n) is 7.58. The largest absolute Gasteiger partial charge is 1.00 e. The average Bonchev–Trinajstić information content (AvgIpc) is 2.02. The number of benzene rings is 1. The predicted octanol–water partition coefficient (Wildman–Crippen LogP) is -0.125. The summed E-state index contributed by atoms with van der Waals surface area (Å²) in [4.78, 5) is 0.511. The third kappa shape index (κ3) is 6.36. The molecule has 0 atom stereocenters. The molecular formula is C7H7BF3KOS. The van der Waals surface area contributed by atoms with E-state index in [2.05, 4.69) is 0 Å². The Morgan fingerprint density at radius 3 is 2.07 bits per heavy atom. The molecule has 0 heterocycles. The summed E-state index contributed by atoms with van der Waals surface area (Å²) in [5.74, 6) is 0.0573. The fourth-order valence-electron chi connectivity index (χ4n) is 0.733. The van der Waals surface area contributed by atoms with E-state index in [1.54, 1.807) is 0 Å². The van der Waals surface area contributed by atoms with Gasteiger partial charge >= 0.3 is 58.4 Å². The second-order valence-electron chi connectivity index (χ2n) is 2.52. The minimum atomic E-state index is -4.74. The Kier molecular flexibility index (Phi) is 6.84. The number of thioether (sulfide) groups is 1. The van der Waals surface area contributed by atoms with Gasteiger partial charge in [-0.2, -0.15) is 11.8 Å². The average molecular weight is 246 g/mol. The number of hydrogen-bond donors (Lipinski definition) is 1. The van der Waals surface area contributed by atoms with Crippen LogP contribution in [0.2, 0.25) is 0 Å². The van der Waals surface area contributed by atoms with Crippen LogP contribution in [0.5, 0.6) is 5.75 Å². The normalized spacial score (nSPS) is 10.8. The molecule has 0 spiro atoms. The molecule has 1 rings (SSSR count). The first-order chi connectivity index (χ1) is 5.97. The van der Waals surface area contributed by atoms with Crippen molar-refractivity contribution in [2.24, 2.45) is 0 Å². The van der Waals surface area contributed by atoms with Crippen molar-refractivity contribution in [1.82, 2.24) is 0 Å². The molecular weight excluding hydrogens is 239 g/mol. The zero-order valence-corrected chi connectivity index (χ0v) is 11.5. The van der Waals surface area contributed by atoms with Crippen molar-refractivity contribution < 1.29 is 69.4 Å². The molecule has 0 saturated heterocycles. The van der Waals surface area contributed by atoms with Gasteiger partial charge in [-0.25, -0.2) is 0 Å². The summed E-state index contributed by atoms with van der Waals surface area (Å²) >= 11 is 0.728. The van der Waals surface area contributed by atoms with Crippen molar-refractivity contribution in [2.75, 3.05) is 5.65 Å².